The van der Waals surface area contributed by atoms with Gasteiger partial charge in [-0.3, -0.25) is 4.79 Å². The Morgan fingerprint density at radius 3 is 2.76 bits per heavy atom. The van der Waals surface area contributed by atoms with Gasteiger partial charge in [0.25, 0.3) is 5.56 Å². The highest BCUT2D eigenvalue weighted by molar-refractivity contribution is 14.1. The maximum Gasteiger partial charge on any atom is 0.253 e. The van der Waals surface area contributed by atoms with Gasteiger partial charge in [-0.1, -0.05) is 24.3 Å². The lowest BCUT2D eigenvalue weighted by molar-refractivity contribution is 1.09. The highest BCUT2D eigenvalue weighted by atomic mass is 127. The molecule has 106 valence electrons. The highest BCUT2D eigenvalue weighted by Gasteiger charge is 2.03. The molecule has 0 aliphatic carbocycles. The van der Waals surface area contributed by atoms with Gasteiger partial charge >= 0.3 is 0 Å². The number of hydrogen-bond acceptors (Lipinski definition) is 2. The van der Waals surface area contributed by atoms with Crippen LogP contribution < -0.4 is 10.9 Å². The molecule has 1 aromatic heterocycles. The Morgan fingerprint density at radius 1 is 1.14 bits per heavy atom. The zero-order valence-electron chi connectivity index (χ0n) is 11.6. The first kappa shape index (κ1) is 14.1. The molecular formula is C17H15IN2O. The third-order valence-electron chi connectivity index (χ3n) is 3.49. The Balaban J connectivity index is 1.86. The summed E-state index contributed by atoms with van der Waals surface area (Å²) in [6, 6.07) is 16.0. The number of anilines is 1. The molecule has 0 spiro atoms. The molecule has 0 bridgehead atoms. The Morgan fingerprint density at radius 2 is 1.95 bits per heavy atom. The van der Waals surface area contributed by atoms with E-state index in [0.29, 0.717) is 6.54 Å². The maximum atomic E-state index is 12.1. The number of H-pyrrole nitrogens is 1. The summed E-state index contributed by atoms with van der Waals surface area (Å²) in [5.41, 5.74) is 3.85. The van der Waals surface area contributed by atoms with Crippen LogP contribution in [0.4, 0.5) is 5.69 Å². The third kappa shape index (κ3) is 3.10. The second kappa shape index (κ2) is 5.89. The lowest BCUT2D eigenvalue weighted by atomic mass is 10.1. The van der Waals surface area contributed by atoms with Crippen molar-refractivity contribution < 1.29 is 0 Å². The fourth-order valence-corrected chi connectivity index (χ4v) is 2.74. The number of benzene rings is 2. The number of nitrogens with one attached hydrogen (secondary N) is 2. The molecule has 0 aliphatic rings. The number of hydrogen-bond donors (Lipinski definition) is 2. The first-order chi connectivity index (χ1) is 10.1. The minimum absolute atomic E-state index is 0.0389. The van der Waals surface area contributed by atoms with E-state index in [1.165, 1.54) is 9.13 Å². The van der Waals surface area contributed by atoms with Crippen molar-refractivity contribution in [3.63, 3.8) is 0 Å². The number of halogens is 1. The van der Waals surface area contributed by atoms with Crippen LogP contribution in [0.25, 0.3) is 10.9 Å². The van der Waals surface area contributed by atoms with Crippen LogP contribution in [0.3, 0.4) is 0 Å². The van der Waals surface area contributed by atoms with E-state index in [1.54, 1.807) is 0 Å². The van der Waals surface area contributed by atoms with E-state index >= 15 is 0 Å². The number of fused-ring (bicyclic) bond motifs is 1. The van der Waals surface area contributed by atoms with E-state index in [-0.39, 0.29) is 5.56 Å². The molecule has 0 saturated carbocycles. The van der Waals surface area contributed by atoms with Gasteiger partial charge in [-0.2, -0.15) is 0 Å². The minimum Gasteiger partial charge on any atom is -0.381 e. The number of para-hydroxylation sites is 1. The average Bonchev–Trinajstić information content (AvgIpc) is 2.48. The van der Waals surface area contributed by atoms with Crippen molar-refractivity contribution in [2.75, 3.05) is 5.32 Å². The van der Waals surface area contributed by atoms with Crippen LogP contribution in [-0.4, -0.2) is 4.98 Å². The molecule has 0 fully saturated rings. The van der Waals surface area contributed by atoms with Gasteiger partial charge in [0, 0.05) is 26.9 Å². The Hall–Kier alpha value is -1.82. The lowest BCUT2D eigenvalue weighted by Gasteiger charge is -2.08. The number of aromatic nitrogens is 1. The standard InChI is InChI=1S/C17H15IN2O/c1-11-6-7-14(9-15(11)18)19-10-13-8-12-4-2-3-5-16(12)20-17(13)21/h2-9,19H,10H2,1H3,(H,20,21). The second-order valence-corrected chi connectivity index (χ2v) is 6.19. The van der Waals surface area contributed by atoms with Crippen molar-refractivity contribution in [1.82, 2.24) is 4.98 Å². The van der Waals surface area contributed by atoms with Crippen LogP contribution in [0.1, 0.15) is 11.1 Å². The smallest absolute Gasteiger partial charge is 0.253 e. The van der Waals surface area contributed by atoms with Gasteiger partial charge in [0.1, 0.15) is 0 Å². The van der Waals surface area contributed by atoms with Gasteiger partial charge in [-0.15, -0.1) is 0 Å². The fourth-order valence-electron chi connectivity index (χ4n) is 2.22. The summed E-state index contributed by atoms with van der Waals surface area (Å²) in [6.07, 6.45) is 0. The van der Waals surface area contributed by atoms with Gasteiger partial charge in [0.05, 0.1) is 0 Å². The predicted molar refractivity (Wildman–Crippen MR) is 95.8 cm³/mol. The normalized spacial score (nSPS) is 10.8. The predicted octanol–water partition coefficient (Wildman–Crippen LogP) is 4.05. The number of rotatable bonds is 3. The van der Waals surface area contributed by atoms with Crippen LogP contribution in [-0.2, 0) is 6.54 Å². The van der Waals surface area contributed by atoms with Crippen LogP contribution in [0.5, 0.6) is 0 Å². The van der Waals surface area contributed by atoms with Crippen molar-refractivity contribution in [2.24, 2.45) is 0 Å². The molecule has 3 rings (SSSR count). The van der Waals surface area contributed by atoms with Crippen LogP contribution >= 0.6 is 22.6 Å². The van der Waals surface area contributed by atoms with E-state index in [0.717, 1.165) is 22.2 Å². The Kier molecular flexibility index (Phi) is 3.96. The fraction of sp³-hybridized carbons (Fsp3) is 0.118. The summed E-state index contributed by atoms with van der Waals surface area (Å²) in [6.45, 7) is 2.60. The molecule has 4 heteroatoms. The summed E-state index contributed by atoms with van der Waals surface area (Å²) in [7, 11) is 0. The zero-order chi connectivity index (χ0) is 14.8. The third-order valence-corrected chi connectivity index (χ3v) is 4.65. The van der Waals surface area contributed by atoms with E-state index in [9.17, 15) is 4.79 Å². The molecule has 3 aromatic rings. The number of aromatic amines is 1. The largest absolute Gasteiger partial charge is 0.381 e. The van der Waals surface area contributed by atoms with E-state index < -0.39 is 0 Å². The zero-order valence-corrected chi connectivity index (χ0v) is 13.8. The molecular weight excluding hydrogens is 375 g/mol. The number of pyridine rings is 1. The highest BCUT2D eigenvalue weighted by Crippen LogP contribution is 2.18. The lowest BCUT2D eigenvalue weighted by Crippen LogP contribution is -2.15. The van der Waals surface area contributed by atoms with Crippen LogP contribution in [0.15, 0.2) is 53.3 Å². The first-order valence-corrected chi connectivity index (χ1v) is 7.82. The summed E-state index contributed by atoms with van der Waals surface area (Å²) in [5, 5.41) is 4.36. The van der Waals surface area contributed by atoms with Crippen molar-refractivity contribution >= 4 is 39.2 Å². The number of aryl methyl sites for hydroxylation is 1. The van der Waals surface area contributed by atoms with E-state index in [2.05, 4.69) is 51.9 Å². The summed E-state index contributed by atoms with van der Waals surface area (Å²) < 4.78 is 1.21. The summed E-state index contributed by atoms with van der Waals surface area (Å²) in [5.74, 6) is 0. The van der Waals surface area contributed by atoms with Crippen molar-refractivity contribution in [1.29, 1.82) is 0 Å². The maximum absolute atomic E-state index is 12.1. The average molecular weight is 390 g/mol. The van der Waals surface area contributed by atoms with Crippen molar-refractivity contribution in [2.45, 2.75) is 13.5 Å². The van der Waals surface area contributed by atoms with E-state index in [4.69, 9.17) is 0 Å². The molecule has 0 aliphatic heterocycles. The van der Waals surface area contributed by atoms with Crippen molar-refractivity contribution in [3.05, 3.63) is 73.6 Å². The molecule has 0 saturated heterocycles. The topological polar surface area (TPSA) is 44.9 Å². The quantitative estimate of drug-likeness (QED) is 0.663. The van der Waals surface area contributed by atoms with Crippen LogP contribution in [0, 0.1) is 10.5 Å². The monoisotopic (exact) mass is 390 g/mol. The Bertz CT molecular complexity index is 855. The summed E-state index contributed by atoms with van der Waals surface area (Å²) >= 11 is 2.31. The van der Waals surface area contributed by atoms with Gasteiger partial charge < -0.3 is 10.3 Å². The molecule has 1 heterocycles. The molecule has 2 aromatic carbocycles. The molecule has 0 amide bonds. The van der Waals surface area contributed by atoms with Gasteiger partial charge in [0.15, 0.2) is 0 Å². The second-order valence-electron chi connectivity index (χ2n) is 5.03. The SMILES string of the molecule is Cc1ccc(NCc2cc3ccccc3[nH]c2=O)cc1I. The molecule has 21 heavy (non-hydrogen) atoms. The Labute approximate surface area is 136 Å². The van der Waals surface area contributed by atoms with Gasteiger partial charge in [-0.05, 0) is 64.7 Å². The first-order valence-electron chi connectivity index (χ1n) is 6.74. The molecule has 0 unspecified atom stereocenters. The van der Waals surface area contributed by atoms with Crippen LogP contribution in [0.2, 0.25) is 0 Å². The molecule has 0 radical (unpaired) electrons. The van der Waals surface area contributed by atoms with Gasteiger partial charge in [-0.25, -0.2) is 0 Å². The molecule has 0 atom stereocenters. The van der Waals surface area contributed by atoms with E-state index in [1.807, 2.05) is 36.4 Å². The van der Waals surface area contributed by atoms with Crippen molar-refractivity contribution in [3.8, 4) is 0 Å². The summed E-state index contributed by atoms with van der Waals surface area (Å²) in [4.78, 5) is 15.0. The molecule has 2 N–H and O–H groups in total. The van der Waals surface area contributed by atoms with Gasteiger partial charge in [0.2, 0.25) is 0 Å². The molecule has 3 nitrogen and oxygen atoms in total. The minimum atomic E-state index is -0.0389.